The molecule has 0 unspecified atom stereocenters. The standard InChI is InChI=1S/C25H22N2O3/c1-15(17-8-4-3-5-9-17)26-16(2)25(30)27-18-12-13-21-22(14-18)24(29)20-11-7-6-10-19(20)23(21)28/h3-16,26H,1-2H3,(H,27,30)/t15-,16+/m0/s1. The van der Waals surface area contributed by atoms with Crippen LogP contribution in [0.4, 0.5) is 5.69 Å². The van der Waals surface area contributed by atoms with Gasteiger partial charge in [0.1, 0.15) is 0 Å². The monoisotopic (exact) mass is 398 g/mol. The highest BCUT2D eigenvalue weighted by atomic mass is 16.2. The lowest BCUT2D eigenvalue weighted by Gasteiger charge is -2.21. The highest BCUT2D eigenvalue weighted by Crippen LogP contribution is 2.29. The molecule has 150 valence electrons. The van der Waals surface area contributed by atoms with Crippen molar-refractivity contribution >= 4 is 23.2 Å². The van der Waals surface area contributed by atoms with Gasteiger partial charge in [0.05, 0.1) is 6.04 Å². The fourth-order valence-electron chi connectivity index (χ4n) is 3.72. The first kappa shape index (κ1) is 19.7. The number of carbonyl (C=O) groups is 3. The topological polar surface area (TPSA) is 75.3 Å². The maximum Gasteiger partial charge on any atom is 0.241 e. The minimum absolute atomic E-state index is 0.00573. The largest absolute Gasteiger partial charge is 0.325 e. The molecule has 0 fully saturated rings. The lowest BCUT2D eigenvalue weighted by Crippen LogP contribution is -2.39. The van der Waals surface area contributed by atoms with Gasteiger partial charge in [-0.1, -0.05) is 54.6 Å². The zero-order valence-corrected chi connectivity index (χ0v) is 16.8. The Bertz CT molecular complexity index is 1140. The maximum absolute atomic E-state index is 12.9. The van der Waals surface area contributed by atoms with Gasteiger partial charge in [-0.25, -0.2) is 0 Å². The molecule has 5 nitrogen and oxygen atoms in total. The number of fused-ring (bicyclic) bond motifs is 2. The number of benzene rings is 3. The molecule has 30 heavy (non-hydrogen) atoms. The van der Waals surface area contributed by atoms with E-state index >= 15 is 0 Å². The first-order valence-corrected chi connectivity index (χ1v) is 9.90. The summed E-state index contributed by atoms with van der Waals surface area (Å²) in [6.45, 7) is 3.79. The molecule has 3 aromatic rings. The average molecular weight is 398 g/mol. The van der Waals surface area contributed by atoms with E-state index in [0.29, 0.717) is 27.9 Å². The van der Waals surface area contributed by atoms with E-state index in [1.54, 1.807) is 49.4 Å². The summed E-state index contributed by atoms with van der Waals surface area (Å²) in [5.74, 6) is -0.599. The molecular formula is C25H22N2O3. The Morgan fingerprint density at radius 2 is 1.30 bits per heavy atom. The Balaban J connectivity index is 1.50. The Labute approximate surface area is 175 Å². The van der Waals surface area contributed by atoms with Gasteiger partial charge in [-0.2, -0.15) is 0 Å². The van der Waals surface area contributed by atoms with Gasteiger partial charge in [0.2, 0.25) is 5.91 Å². The predicted molar refractivity (Wildman–Crippen MR) is 116 cm³/mol. The summed E-state index contributed by atoms with van der Waals surface area (Å²) >= 11 is 0. The molecule has 0 spiro atoms. The summed E-state index contributed by atoms with van der Waals surface area (Å²) in [7, 11) is 0. The Hall–Kier alpha value is -3.57. The van der Waals surface area contributed by atoms with Crippen molar-refractivity contribution in [1.82, 2.24) is 5.32 Å². The molecule has 0 radical (unpaired) electrons. The van der Waals surface area contributed by atoms with Gasteiger partial charge in [0.25, 0.3) is 0 Å². The number of anilines is 1. The Morgan fingerprint density at radius 3 is 1.97 bits per heavy atom. The molecule has 0 bridgehead atoms. The average Bonchev–Trinajstić information content (AvgIpc) is 2.78. The third kappa shape index (κ3) is 3.67. The van der Waals surface area contributed by atoms with Gasteiger partial charge in [-0.15, -0.1) is 0 Å². The third-order valence-electron chi connectivity index (χ3n) is 5.39. The highest BCUT2D eigenvalue weighted by molar-refractivity contribution is 6.28. The SMILES string of the molecule is C[C@H](N[C@H](C)C(=O)Nc1ccc2c(c1)C(=O)c1ccccc1C2=O)c1ccccc1. The lowest BCUT2D eigenvalue weighted by atomic mass is 9.84. The Morgan fingerprint density at radius 1 is 0.733 bits per heavy atom. The van der Waals surface area contributed by atoms with E-state index in [9.17, 15) is 14.4 Å². The van der Waals surface area contributed by atoms with Crippen LogP contribution in [0.25, 0.3) is 0 Å². The summed E-state index contributed by atoms with van der Waals surface area (Å²) in [4.78, 5) is 38.2. The zero-order chi connectivity index (χ0) is 21.3. The second kappa shape index (κ2) is 8.05. The van der Waals surface area contributed by atoms with Crippen molar-refractivity contribution in [2.24, 2.45) is 0 Å². The molecule has 0 aliphatic heterocycles. The van der Waals surface area contributed by atoms with Gasteiger partial charge < -0.3 is 5.32 Å². The minimum Gasteiger partial charge on any atom is -0.325 e. The van der Waals surface area contributed by atoms with Crippen LogP contribution in [0.15, 0.2) is 72.8 Å². The van der Waals surface area contributed by atoms with Crippen molar-refractivity contribution < 1.29 is 14.4 Å². The van der Waals surface area contributed by atoms with Gasteiger partial charge in [0, 0.05) is 34.0 Å². The molecule has 0 heterocycles. The van der Waals surface area contributed by atoms with E-state index in [0.717, 1.165) is 5.56 Å². The van der Waals surface area contributed by atoms with Crippen molar-refractivity contribution in [3.05, 3.63) is 101 Å². The Kier molecular flexibility index (Phi) is 5.29. The molecule has 0 saturated heterocycles. The van der Waals surface area contributed by atoms with Crippen molar-refractivity contribution in [2.75, 3.05) is 5.32 Å². The normalized spacial score (nSPS) is 14.5. The van der Waals surface area contributed by atoms with Crippen LogP contribution < -0.4 is 10.6 Å². The van der Waals surface area contributed by atoms with Crippen LogP contribution in [0, 0.1) is 0 Å². The van der Waals surface area contributed by atoms with E-state index in [4.69, 9.17) is 0 Å². The summed E-state index contributed by atoms with van der Waals surface area (Å²) in [5, 5.41) is 6.12. The number of hydrogen-bond acceptors (Lipinski definition) is 4. The number of hydrogen-bond donors (Lipinski definition) is 2. The second-order valence-corrected chi connectivity index (χ2v) is 7.47. The van der Waals surface area contributed by atoms with Crippen LogP contribution in [0.5, 0.6) is 0 Å². The number of carbonyl (C=O) groups excluding carboxylic acids is 3. The lowest BCUT2D eigenvalue weighted by molar-refractivity contribution is -0.117. The van der Waals surface area contributed by atoms with E-state index in [-0.39, 0.29) is 23.5 Å². The highest BCUT2D eigenvalue weighted by Gasteiger charge is 2.29. The fourth-order valence-corrected chi connectivity index (χ4v) is 3.72. The van der Waals surface area contributed by atoms with E-state index < -0.39 is 6.04 Å². The molecule has 2 N–H and O–H groups in total. The van der Waals surface area contributed by atoms with Crippen LogP contribution in [0.2, 0.25) is 0 Å². The van der Waals surface area contributed by atoms with Gasteiger partial charge in [0.15, 0.2) is 11.6 Å². The minimum atomic E-state index is -0.450. The quantitative estimate of drug-likeness (QED) is 0.530. The molecule has 1 aliphatic rings. The summed E-state index contributed by atoms with van der Waals surface area (Å²) < 4.78 is 0. The molecular weight excluding hydrogens is 376 g/mol. The van der Waals surface area contributed by atoms with E-state index in [1.807, 2.05) is 37.3 Å². The molecule has 4 rings (SSSR count). The molecule has 1 amide bonds. The van der Waals surface area contributed by atoms with Crippen molar-refractivity contribution in [2.45, 2.75) is 25.9 Å². The van der Waals surface area contributed by atoms with Crippen molar-refractivity contribution in [3.8, 4) is 0 Å². The van der Waals surface area contributed by atoms with Crippen LogP contribution >= 0.6 is 0 Å². The summed E-state index contributed by atoms with van der Waals surface area (Å²) in [6.07, 6.45) is 0. The third-order valence-corrected chi connectivity index (χ3v) is 5.39. The molecule has 1 aliphatic carbocycles. The van der Waals surface area contributed by atoms with Gasteiger partial charge in [-0.3, -0.25) is 19.7 Å². The van der Waals surface area contributed by atoms with Crippen LogP contribution in [-0.4, -0.2) is 23.5 Å². The summed E-state index contributed by atoms with van der Waals surface area (Å²) in [6, 6.07) is 21.1. The molecule has 3 aromatic carbocycles. The number of rotatable bonds is 5. The first-order valence-electron chi connectivity index (χ1n) is 9.90. The maximum atomic E-state index is 12.9. The first-order chi connectivity index (χ1) is 14.5. The predicted octanol–water partition coefficient (Wildman–Crippen LogP) is 4.14. The number of ketones is 2. The van der Waals surface area contributed by atoms with Crippen LogP contribution in [0.1, 0.15) is 57.3 Å². The molecule has 0 saturated carbocycles. The van der Waals surface area contributed by atoms with Gasteiger partial charge >= 0.3 is 0 Å². The molecule has 5 heteroatoms. The molecule has 0 aromatic heterocycles. The van der Waals surface area contributed by atoms with Gasteiger partial charge in [-0.05, 0) is 37.6 Å². The fraction of sp³-hybridized carbons (Fsp3) is 0.160. The summed E-state index contributed by atoms with van der Waals surface area (Å²) in [5.41, 5.74) is 3.06. The number of nitrogens with one attached hydrogen (secondary N) is 2. The smallest absolute Gasteiger partial charge is 0.241 e. The van der Waals surface area contributed by atoms with Crippen molar-refractivity contribution in [1.29, 1.82) is 0 Å². The van der Waals surface area contributed by atoms with Crippen molar-refractivity contribution in [3.63, 3.8) is 0 Å². The zero-order valence-electron chi connectivity index (χ0n) is 16.8. The second-order valence-electron chi connectivity index (χ2n) is 7.47. The number of amides is 1. The van der Waals surface area contributed by atoms with Crippen LogP contribution in [0.3, 0.4) is 0 Å². The molecule has 2 atom stereocenters. The van der Waals surface area contributed by atoms with E-state index in [1.165, 1.54) is 0 Å². The van der Waals surface area contributed by atoms with Crippen LogP contribution in [-0.2, 0) is 4.79 Å². The van der Waals surface area contributed by atoms with E-state index in [2.05, 4.69) is 10.6 Å².